The number of nitrogens with zero attached hydrogens (tertiary/aromatic N) is 8. The molecule has 2 aromatic carbocycles. The number of thiophene rings is 1. The topological polar surface area (TPSA) is 184 Å². The zero-order chi connectivity index (χ0) is 43.1. The summed E-state index contributed by atoms with van der Waals surface area (Å²) in [5, 5.41) is 47.4. The maximum absolute atomic E-state index is 14.2. The van der Waals surface area contributed by atoms with Gasteiger partial charge in [-0.3, -0.25) is 9.59 Å². The number of amides is 2. The second-order valence-electron chi connectivity index (χ2n) is 16.5. The number of hydrogen-bond donors (Lipinski definition) is 3. The van der Waals surface area contributed by atoms with Crippen LogP contribution in [0.15, 0.2) is 82.8 Å². The van der Waals surface area contributed by atoms with Crippen LogP contribution in [0.2, 0.25) is 0 Å². The molecule has 0 radical (unpaired) electrons. The lowest BCUT2D eigenvalue weighted by Gasteiger charge is -2.32. The van der Waals surface area contributed by atoms with Crippen LogP contribution in [0.25, 0.3) is 43.3 Å². The van der Waals surface area contributed by atoms with Crippen molar-refractivity contribution in [3.8, 4) is 38.8 Å². The smallest absolute Gasteiger partial charge is 0.243 e. The number of aromatic nitrogens is 6. The molecule has 0 bridgehead atoms. The van der Waals surface area contributed by atoms with E-state index in [0.29, 0.717) is 40.9 Å². The van der Waals surface area contributed by atoms with E-state index in [1.54, 1.807) is 40.9 Å². The molecule has 7 aromatic rings. The van der Waals surface area contributed by atoms with Gasteiger partial charge in [0.15, 0.2) is 5.82 Å². The molecule has 9 rings (SSSR count). The number of para-hydroxylation sites is 1. The van der Waals surface area contributed by atoms with E-state index in [0.717, 1.165) is 63.7 Å². The van der Waals surface area contributed by atoms with Gasteiger partial charge in [-0.05, 0) is 85.5 Å². The number of aliphatic hydroxyl groups is 1. The van der Waals surface area contributed by atoms with Crippen LogP contribution >= 0.6 is 22.7 Å². The van der Waals surface area contributed by atoms with E-state index >= 15 is 0 Å². The zero-order valence-electron chi connectivity index (χ0n) is 34.9. The molecule has 0 spiro atoms. The number of phenolic OH excluding ortho intramolecular Hbond substituents is 1. The van der Waals surface area contributed by atoms with Gasteiger partial charge in [0, 0.05) is 54.5 Å². The van der Waals surface area contributed by atoms with Crippen molar-refractivity contribution in [1.29, 1.82) is 0 Å². The highest BCUT2D eigenvalue weighted by Crippen LogP contribution is 2.41. The summed E-state index contributed by atoms with van der Waals surface area (Å²) in [6.07, 6.45) is 1.23. The Balaban J connectivity index is 0.824. The van der Waals surface area contributed by atoms with Crippen LogP contribution in [-0.2, 0) is 16.1 Å². The van der Waals surface area contributed by atoms with Gasteiger partial charge in [-0.15, -0.1) is 43.1 Å². The lowest BCUT2D eigenvalue weighted by molar-refractivity contribution is -0.141. The summed E-state index contributed by atoms with van der Waals surface area (Å²) < 4.78 is 5.80. The SMILES string of the molecule is Cc1ncsc1-c1ccc(CNC(=O)[C@@H]2C[C@@H](O)CN2C(=O)[C@@H](c2cc(-c3ccc(N4CCC(c5sc6nnc(-c7ccccc7O)cc6c5C)CC4)nn3)no2)C(C)C)cc1. The number of likely N-dealkylation sites (tertiary alicyclic amines) is 1. The van der Waals surface area contributed by atoms with Gasteiger partial charge in [0.25, 0.3) is 0 Å². The largest absolute Gasteiger partial charge is 0.507 e. The van der Waals surface area contributed by atoms with Crippen molar-refractivity contribution in [1.82, 2.24) is 40.8 Å². The number of piperidine rings is 1. The minimum atomic E-state index is -0.824. The van der Waals surface area contributed by atoms with Crippen molar-refractivity contribution in [3.05, 3.63) is 106 Å². The van der Waals surface area contributed by atoms with Crippen LogP contribution in [0.1, 0.15) is 72.4 Å². The van der Waals surface area contributed by atoms with Crippen LogP contribution < -0.4 is 10.2 Å². The molecule has 16 heteroatoms. The third-order valence-corrected chi connectivity index (χ3v) is 14.4. The monoisotopic (exact) mass is 869 g/mol. The fourth-order valence-electron chi connectivity index (χ4n) is 8.69. The van der Waals surface area contributed by atoms with Gasteiger partial charge >= 0.3 is 0 Å². The first-order chi connectivity index (χ1) is 30.0. The maximum Gasteiger partial charge on any atom is 0.243 e. The quantitative estimate of drug-likeness (QED) is 0.116. The molecule has 0 aliphatic carbocycles. The van der Waals surface area contributed by atoms with Crippen molar-refractivity contribution in [2.24, 2.45) is 5.92 Å². The molecule has 7 heterocycles. The summed E-state index contributed by atoms with van der Waals surface area (Å²) in [6.45, 7) is 9.95. The lowest BCUT2D eigenvalue weighted by Crippen LogP contribution is -2.48. The number of hydrogen-bond acceptors (Lipinski definition) is 14. The number of phenols is 1. The number of β-amino-alcohol motifs (C(OH)–C–C–N with tert-alkyl or cyclic N) is 1. The molecule has 2 aliphatic heterocycles. The van der Waals surface area contributed by atoms with Gasteiger partial charge in [-0.25, -0.2) is 4.98 Å². The molecule has 5 aromatic heterocycles. The molecular weight excluding hydrogens is 823 g/mol. The Kier molecular flexibility index (Phi) is 11.5. The average molecular weight is 870 g/mol. The Morgan fingerprint density at radius 1 is 0.935 bits per heavy atom. The first-order valence-electron chi connectivity index (χ1n) is 20.9. The standard InChI is InChI=1S/C46H47N9O5S2/c1-25(2)41(46(59)55-23-31(56)19-37(55)44(58)47-22-28-9-11-29(12-10-28)43-27(4)48-24-61-43)39-21-36(53-60-39)34-13-14-40(51-49-34)54-17-15-30(16-18-54)42-26(3)33-20-35(50-52-45(33)62-42)32-7-5-6-8-38(32)57/h5-14,20-21,24-25,30-31,37,41,56-57H,15-19,22-23H2,1-4H3,(H,47,58)/t31-,37+,41-/m1/s1. The van der Waals surface area contributed by atoms with E-state index in [-0.39, 0.29) is 36.4 Å². The molecule has 3 atom stereocenters. The molecular formula is C46H47N9O5S2. The predicted molar refractivity (Wildman–Crippen MR) is 239 cm³/mol. The van der Waals surface area contributed by atoms with Gasteiger partial charge in [0.1, 0.15) is 39.7 Å². The van der Waals surface area contributed by atoms with E-state index in [1.165, 1.54) is 15.3 Å². The number of aliphatic hydroxyl groups excluding tert-OH is 1. The van der Waals surface area contributed by atoms with Crippen LogP contribution in [0, 0.1) is 19.8 Å². The van der Waals surface area contributed by atoms with Gasteiger partial charge in [-0.1, -0.05) is 55.4 Å². The molecule has 14 nitrogen and oxygen atoms in total. The molecule has 2 amide bonds. The second-order valence-corrected chi connectivity index (χ2v) is 18.4. The Bertz CT molecular complexity index is 2720. The summed E-state index contributed by atoms with van der Waals surface area (Å²) in [6, 6.07) is 21.9. The number of benzene rings is 2. The highest BCUT2D eigenvalue weighted by atomic mass is 32.1. The minimum Gasteiger partial charge on any atom is -0.507 e. The number of carbonyl (C=O) groups excluding carboxylic acids is 2. The van der Waals surface area contributed by atoms with Crippen molar-refractivity contribution in [2.75, 3.05) is 24.5 Å². The number of aryl methyl sites for hydroxylation is 2. The molecule has 2 aliphatic rings. The van der Waals surface area contributed by atoms with Gasteiger partial charge < -0.3 is 29.9 Å². The first kappa shape index (κ1) is 41.3. The fourth-order valence-corrected chi connectivity index (χ4v) is 10.8. The van der Waals surface area contributed by atoms with Gasteiger partial charge in [0.05, 0.1) is 27.9 Å². The summed E-state index contributed by atoms with van der Waals surface area (Å²) >= 11 is 3.29. The summed E-state index contributed by atoms with van der Waals surface area (Å²) in [5.74, 6) is 0.167. The third-order valence-electron chi connectivity index (χ3n) is 12.1. The molecule has 0 saturated carbocycles. The summed E-state index contributed by atoms with van der Waals surface area (Å²) in [5.41, 5.74) is 8.31. The summed E-state index contributed by atoms with van der Waals surface area (Å²) in [7, 11) is 0. The molecule has 0 unspecified atom stereocenters. The molecule has 2 saturated heterocycles. The van der Waals surface area contributed by atoms with Gasteiger partial charge in [-0.2, -0.15) is 0 Å². The van der Waals surface area contributed by atoms with Crippen molar-refractivity contribution < 1.29 is 24.3 Å². The Morgan fingerprint density at radius 3 is 2.42 bits per heavy atom. The van der Waals surface area contributed by atoms with Crippen LogP contribution in [0.4, 0.5) is 5.82 Å². The molecule has 3 N–H and O–H groups in total. The van der Waals surface area contributed by atoms with Crippen molar-refractivity contribution in [3.63, 3.8) is 0 Å². The number of anilines is 1. The third kappa shape index (κ3) is 8.17. The number of carbonyl (C=O) groups is 2. The Hall–Kier alpha value is -6.10. The van der Waals surface area contributed by atoms with Crippen molar-refractivity contribution in [2.45, 2.75) is 77.5 Å². The lowest BCUT2D eigenvalue weighted by atomic mass is 9.91. The van der Waals surface area contributed by atoms with Crippen LogP contribution in [-0.4, -0.2) is 89.2 Å². The highest BCUT2D eigenvalue weighted by molar-refractivity contribution is 7.19. The number of fused-ring (bicyclic) bond motifs is 1. The molecule has 2 fully saturated rings. The number of aromatic hydroxyl groups is 1. The summed E-state index contributed by atoms with van der Waals surface area (Å²) in [4.78, 5) is 39.1. The first-order valence-corrected chi connectivity index (χ1v) is 22.6. The van der Waals surface area contributed by atoms with E-state index in [4.69, 9.17) is 4.52 Å². The van der Waals surface area contributed by atoms with Crippen molar-refractivity contribution >= 4 is 50.5 Å². The number of rotatable bonds is 11. The van der Waals surface area contributed by atoms with Gasteiger partial charge in [0.2, 0.25) is 11.8 Å². The molecule has 62 heavy (non-hydrogen) atoms. The minimum absolute atomic E-state index is 0.0499. The normalized spacial score (nSPS) is 17.6. The highest BCUT2D eigenvalue weighted by Gasteiger charge is 2.43. The fraction of sp³-hybridized carbons (Fsp3) is 0.348. The maximum atomic E-state index is 14.2. The number of nitrogens with one attached hydrogen (secondary N) is 1. The Morgan fingerprint density at radius 2 is 1.71 bits per heavy atom. The predicted octanol–water partition coefficient (Wildman–Crippen LogP) is 7.65. The number of thiazole rings is 1. The van der Waals surface area contributed by atoms with Crippen LogP contribution in [0.5, 0.6) is 5.75 Å². The van der Waals surface area contributed by atoms with E-state index in [1.807, 2.05) is 80.9 Å². The Labute approximate surface area is 366 Å². The van der Waals surface area contributed by atoms with E-state index in [2.05, 4.69) is 47.7 Å². The van der Waals surface area contributed by atoms with E-state index in [9.17, 15) is 19.8 Å². The average Bonchev–Trinajstić information content (AvgIpc) is 4.10. The van der Waals surface area contributed by atoms with Crippen LogP contribution in [0.3, 0.4) is 0 Å². The second kappa shape index (κ2) is 17.3. The zero-order valence-corrected chi connectivity index (χ0v) is 36.5. The van der Waals surface area contributed by atoms with E-state index < -0.39 is 18.1 Å². The molecule has 318 valence electrons.